The monoisotopic (exact) mass is 239 g/mol. The van der Waals surface area contributed by atoms with Crippen LogP contribution in [0.1, 0.15) is 23.0 Å². The molecule has 0 saturated heterocycles. The van der Waals surface area contributed by atoms with Crippen molar-refractivity contribution in [2.24, 2.45) is 5.73 Å². The zero-order valence-electron chi connectivity index (χ0n) is 10.00. The van der Waals surface area contributed by atoms with E-state index in [0.29, 0.717) is 17.1 Å². The second-order valence-corrected chi connectivity index (χ2v) is 3.72. The first-order valence-corrected chi connectivity index (χ1v) is 5.57. The Balaban J connectivity index is 2.53. The van der Waals surface area contributed by atoms with Crippen LogP contribution in [0.4, 0.5) is 0 Å². The van der Waals surface area contributed by atoms with Crippen molar-refractivity contribution in [3.8, 4) is 11.4 Å². The lowest BCUT2D eigenvalue weighted by atomic mass is 10.1. The second-order valence-electron chi connectivity index (χ2n) is 3.72. The molecule has 1 aromatic heterocycles. The lowest BCUT2D eigenvalue weighted by Gasteiger charge is -2.04. The fourth-order valence-electron chi connectivity index (χ4n) is 1.60. The molecule has 0 aliphatic rings. The molecule has 4 nitrogen and oxygen atoms in total. The Hall–Kier alpha value is -2.49. The van der Waals surface area contributed by atoms with Gasteiger partial charge in [-0.3, -0.25) is 4.79 Å². The molecule has 0 fully saturated rings. The van der Waals surface area contributed by atoms with Crippen LogP contribution in [0.3, 0.4) is 0 Å². The number of hydrogen-bond donors (Lipinski definition) is 1. The summed E-state index contributed by atoms with van der Waals surface area (Å²) in [6.07, 6.45) is 5.02. The maximum atomic E-state index is 11.3. The first-order valence-electron chi connectivity index (χ1n) is 5.57. The maximum absolute atomic E-state index is 11.3. The summed E-state index contributed by atoms with van der Waals surface area (Å²) < 4.78 is 0. The van der Waals surface area contributed by atoms with Gasteiger partial charge in [0.05, 0.1) is 11.3 Å². The SMILES string of the molecule is C/C=C/c1nc(-c2ccccc2)ncc1C(N)=O. The molecule has 0 unspecified atom stereocenters. The Morgan fingerprint density at radius 1 is 1.28 bits per heavy atom. The molecule has 0 aliphatic heterocycles. The van der Waals surface area contributed by atoms with Crippen molar-refractivity contribution in [1.29, 1.82) is 0 Å². The van der Waals surface area contributed by atoms with Gasteiger partial charge in [0, 0.05) is 11.8 Å². The van der Waals surface area contributed by atoms with Gasteiger partial charge in [0.2, 0.25) is 0 Å². The van der Waals surface area contributed by atoms with Gasteiger partial charge in [-0.05, 0) is 13.0 Å². The van der Waals surface area contributed by atoms with Gasteiger partial charge in [-0.2, -0.15) is 0 Å². The number of carbonyl (C=O) groups is 1. The molecule has 0 saturated carbocycles. The molecule has 2 N–H and O–H groups in total. The minimum absolute atomic E-state index is 0.327. The highest BCUT2D eigenvalue weighted by Crippen LogP contribution is 2.16. The minimum Gasteiger partial charge on any atom is -0.365 e. The number of benzene rings is 1. The van der Waals surface area contributed by atoms with E-state index in [4.69, 9.17) is 5.73 Å². The highest BCUT2D eigenvalue weighted by molar-refractivity contribution is 5.95. The van der Waals surface area contributed by atoms with Crippen LogP contribution in [-0.4, -0.2) is 15.9 Å². The lowest BCUT2D eigenvalue weighted by Crippen LogP contribution is -2.14. The topological polar surface area (TPSA) is 68.9 Å². The van der Waals surface area contributed by atoms with E-state index in [-0.39, 0.29) is 0 Å². The summed E-state index contributed by atoms with van der Waals surface area (Å²) in [4.78, 5) is 19.8. The van der Waals surface area contributed by atoms with Crippen LogP contribution < -0.4 is 5.73 Å². The van der Waals surface area contributed by atoms with Crippen LogP contribution in [-0.2, 0) is 0 Å². The van der Waals surface area contributed by atoms with Crippen molar-refractivity contribution in [3.63, 3.8) is 0 Å². The molecule has 4 heteroatoms. The molecular formula is C14H13N3O. The van der Waals surface area contributed by atoms with Gasteiger partial charge in [0.1, 0.15) is 0 Å². The summed E-state index contributed by atoms with van der Waals surface area (Å²) >= 11 is 0. The van der Waals surface area contributed by atoms with E-state index in [1.807, 2.05) is 43.3 Å². The summed E-state index contributed by atoms with van der Waals surface area (Å²) in [5.74, 6) is 0.0522. The second kappa shape index (κ2) is 5.23. The molecule has 0 aliphatic carbocycles. The van der Waals surface area contributed by atoms with E-state index in [9.17, 15) is 4.79 Å². The molecule has 0 bridgehead atoms. The molecular weight excluding hydrogens is 226 g/mol. The summed E-state index contributed by atoms with van der Waals surface area (Å²) in [5, 5.41) is 0. The number of primary amides is 1. The van der Waals surface area contributed by atoms with Crippen molar-refractivity contribution < 1.29 is 4.79 Å². The Morgan fingerprint density at radius 3 is 2.61 bits per heavy atom. The van der Waals surface area contributed by atoms with Crippen LogP contribution in [0.5, 0.6) is 0 Å². The average molecular weight is 239 g/mol. The Labute approximate surface area is 105 Å². The molecule has 90 valence electrons. The third kappa shape index (κ3) is 2.43. The molecule has 1 amide bonds. The van der Waals surface area contributed by atoms with E-state index in [0.717, 1.165) is 5.56 Å². The highest BCUT2D eigenvalue weighted by Gasteiger charge is 2.10. The first-order chi connectivity index (χ1) is 8.72. The zero-order valence-corrected chi connectivity index (χ0v) is 10.00. The van der Waals surface area contributed by atoms with Gasteiger partial charge in [-0.15, -0.1) is 0 Å². The number of allylic oxidation sites excluding steroid dienone is 1. The van der Waals surface area contributed by atoms with E-state index in [2.05, 4.69) is 9.97 Å². The summed E-state index contributed by atoms with van der Waals surface area (Å²) in [7, 11) is 0. The molecule has 0 atom stereocenters. The van der Waals surface area contributed by atoms with Crippen molar-refractivity contribution >= 4 is 12.0 Å². The van der Waals surface area contributed by atoms with Gasteiger partial charge in [-0.1, -0.05) is 36.4 Å². The fourth-order valence-corrected chi connectivity index (χ4v) is 1.60. The highest BCUT2D eigenvalue weighted by atomic mass is 16.1. The largest absolute Gasteiger partial charge is 0.365 e. The van der Waals surface area contributed by atoms with E-state index in [1.54, 1.807) is 6.08 Å². The van der Waals surface area contributed by atoms with Crippen LogP contribution in [0.15, 0.2) is 42.6 Å². The van der Waals surface area contributed by atoms with Crippen molar-refractivity contribution in [2.45, 2.75) is 6.92 Å². The maximum Gasteiger partial charge on any atom is 0.252 e. The van der Waals surface area contributed by atoms with Crippen LogP contribution in [0, 0.1) is 0 Å². The van der Waals surface area contributed by atoms with Crippen molar-refractivity contribution in [2.75, 3.05) is 0 Å². The Bertz CT molecular complexity index is 591. The van der Waals surface area contributed by atoms with Crippen LogP contribution in [0.2, 0.25) is 0 Å². The van der Waals surface area contributed by atoms with E-state index >= 15 is 0 Å². The van der Waals surface area contributed by atoms with Crippen LogP contribution >= 0.6 is 0 Å². The summed E-state index contributed by atoms with van der Waals surface area (Å²) in [5.41, 5.74) is 7.05. The third-order valence-corrected chi connectivity index (χ3v) is 2.44. The lowest BCUT2D eigenvalue weighted by molar-refractivity contribution is 0.0999. The number of nitrogens with two attached hydrogens (primary N) is 1. The van der Waals surface area contributed by atoms with Gasteiger partial charge in [-0.25, -0.2) is 9.97 Å². The molecule has 1 aromatic carbocycles. The first kappa shape index (κ1) is 12.0. The average Bonchev–Trinajstić information content (AvgIpc) is 2.40. The molecule has 2 rings (SSSR count). The third-order valence-electron chi connectivity index (χ3n) is 2.44. The standard InChI is InChI=1S/C14H13N3O/c1-2-6-12-11(13(15)18)9-16-14(17-12)10-7-4-3-5-8-10/h2-9H,1H3,(H2,15,18)/b6-2+. The fraction of sp³-hybridized carbons (Fsp3) is 0.0714. The predicted molar refractivity (Wildman–Crippen MR) is 70.7 cm³/mol. The van der Waals surface area contributed by atoms with Gasteiger partial charge >= 0.3 is 0 Å². The van der Waals surface area contributed by atoms with Crippen molar-refractivity contribution in [1.82, 2.24) is 9.97 Å². The minimum atomic E-state index is -0.525. The number of nitrogens with zero attached hydrogens (tertiary/aromatic N) is 2. The van der Waals surface area contributed by atoms with Crippen molar-refractivity contribution in [3.05, 3.63) is 53.9 Å². The number of amides is 1. The summed E-state index contributed by atoms with van der Waals surface area (Å²) in [6.45, 7) is 1.86. The Kier molecular flexibility index (Phi) is 3.48. The molecule has 2 aromatic rings. The van der Waals surface area contributed by atoms with Gasteiger partial charge in [0.25, 0.3) is 5.91 Å². The smallest absolute Gasteiger partial charge is 0.252 e. The predicted octanol–water partition coefficient (Wildman–Crippen LogP) is 2.28. The quantitative estimate of drug-likeness (QED) is 0.893. The molecule has 0 radical (unpaired) electrons. The molecule has 1 heterocycles. The van der Waals surface area contributed by atoms with E-state index in [1.165, 1.54) is 6.20 Å². The van der Waals surface area contributed by atoms with E-state index < -0.39 is 5.91 Å². The molecule has 18 heavy (non-hydrogen) atoms. The number of hydrogen-bond acceptors (Lipinski definition) is 3. The van der Waals surface area contributed by atoms with Crippen LogP contribution in [0.25, 0.3) is 17.5 Å². The van der Waals surface area contributed by atoms with Gasteiger partial charge < -0.3 is 5.73 Å². The zero-order chi connectivity index (χ0) is 13.0. The Morgan fingerprint density at radius 2 is 2.00 bits per heavy atom. The number of aromatic nitrogens is 2. The molecule has 0 spiro atoms. The normalized spacial score (nSPS) is 10.7. The number of carbonyl (C=O) groups excluding carboxylic acids is 1. The summed E-state index contributed by atoms with van der Waals surface area (Å²) in [6, 6.07) is 9.58. The van der Waals surface area contributed by atoms with Gasteiger partial charge in [0.15, 0.2) is 5.82 Å². The number of rotatable bonds is 3.